The van der Waals surface area contributed by atoms with Crippen molar-refractivity contribution in [2.75, 3.05) is 11.1 Å². The molecular formula is C8H17BrS. The molecule has 0 radical (unpaired) electrons. The monoisotopic (exact) mass is 224 g/mol. The Morgan fingerprint density at radius 2 is 1.90 bits per heavy atom. The molecule has 10 heavy (non-hydrogen) atoms. The lowest BCUT2D eigenvalue weighted by molar-refractivity contribution is 0.495. The second-order valence-electron chi connectivity index (χ2n) is 3.66. The highest BCUT2D eigenvalue weighted by atomic mass is 79.9. The van der Waals surface area contributed by atoms with Crippen LogP contribution in [0.25, 0.3) is 0 Å². The summed E-state index contributed by atoms with van der Waals surface area (Å²) >= 11 is 5.54. The Balaban J connectivity index is 3.46. The summed E-state index contributed by atoms with van der Waals surface area (Å²) in [4.78, 5) is 0. The molecule has 0 rings (SSSR count). The molecular weight excluding hydrogens is 208 g/mol. The zero-order valence-corrected chi connectivity index (χ0v) is 9.68. The van der Waals surface area contributed by atoms with E-state index in [1.807, 2.05) is 11.8 Å². The van der Waals surface area contributed by atoms with Crippen LogP contribution in [0.5, 0.6) is 0 Å². The Morgan fingerprint density at radius 3 is 2.20 bits per heavy atom. The van der Waals surface area contributed by atoms with Crippen molar-refractivity contribution in [3.05, 3.63) is 0 Å². The van der Waals surface area contributed by atoms with Gasteiger partial charge in [0, 0.05) is 5.33 Å². The molecule has 0 aliphatic rings. The van der Waals surface area contributed by atoms with E-state index >= 15 is 0 Å². The van der Waals surface area contributed by atoms with Crippen molar-refractivity contribution in [2.24, 2.45) is 5.41 Å². The molecule has 0 amide bonds. The second kappa shape index (κ2) is 4.66. The largest absolute Gasteiger partial charge is 0.159 e. The standard InChI is InChI=1S/C8H17BrS/c1-7(2)10-6-8(3,4)5-9/h7H,5-6H2,1-4H3. The van der Waals surface area contributed by atoms with Gasteiger partial charge in [0.1, 0.15) is 0 Å². The average molecular weight is 225 g/mol. The third-order valence-corrected chi connectivity index (χ3v) is 4.30. The lowest BCUT2D eigenvalue weighted by Crippen LogP contribution is -2.17. The van der Waals surface area contributed by atoms with Crippen LogP contribution in [0.1, 0.15) is 27.7 Å². The van der Waals surface area contributed by atoms with Crippen LogP contribution in [-0.2, 0) is 0 Å². The van der Waals surface area contributed by atoms with Crippen LogP contribution in [0.15, 0.2) is 0 Å². The summed E-state index contributed by atoms with van der Waals surface area (Å²) in [5.41, 5.74) is 0.453. The first-order valence-electron chi connectivity index (χ1n) is 3.65. The van der Waals surface area contributed by atoms with Gasteiger partial charge in [0.25, 0.3) is 0 Å². The lowest BCUT2D eigenvalue weighted by Gasteiger charge is -2.21. The average Bonchev–Trinajstić information content (AvgIpc) is 1.85. The maximum atomic E-state index is 3.51. The molecule has 0 aromatic carbocycles. The van der Waals surface area contributed by atoms with Crippen molar-refractivity contribution >= 4 is 27.7 Å². The van der Waals surface area contributed by atoms with Crippen molar-refractivity contribution in [3.63, 3.8) is 0 Å². The number of hydrogen-bond donors (Lipinski definition) is 0. The van der Waals surface area contributed by atoms with Crippen LogP contribution in [0.3, 0.4) is 0 Å². The van der Waals surface area contributed by atoms with E-state index < -0.39 is 0 Å². The van der Waals surface area contributed by atoms with E-state index in [4.69, 9.17) is 0 Å². The van der Waals surface area contributed by atoms with Gasteiger partial charge in [-0.3, -0.25) is 0 Å². The van der Waals surface area contributed by atoms with Gasteiger partial charge in [0.05, 0.1) is 0 Å². The molecule has 0 spiro atoms. The van der Waals surface area contributed by atoms with Gasteiger partial charge < -0.3 is 0 Å². The highest BCUT2D eigenvalue weighted by Gasteiger charge is 2.16. The number of thioether (sulfide) groups is 1. The van der Waals surface area contributed by atoms with Crippen LogP contribution >= 0.6 is 27.7 Å². The first kappa shape index (κ1) is 10.8. The molecule has 0 aromatic rings. The van der Waals surface area contributed by atoms with E-state index in [9.17, 15) is 0 Å². The summed E-state index contributed by atoms with van der Waals surface area (Å²) < 4.78 is 0. The van der Waals surface area contributed by atoms with Crippen LogP contribution in [0.2, 0.25) is 0 Å². The zero-order valence-electron chi connectivity index (χ0n) is 7.28. The highest BCUT2D eigenvalue weighted by molar-refractivity contribution is 9.09. The molecule has 0 aliphatic carbocycles. The molecule has 0 aliphatic heterocycles. The van der Waals surface area contributed by atoms with E-state index in [0.29, 0.717) is 5.41 Å². The minimum absolute atomic E-state index is 0.453. The highest BCUT2D eigenvalue weighted by Crippen LogP contribution is 2.25. The van der Waals surface area contributed by atoms with E-state index in [0.717, 1.165) is 10.6 Å². The molecule has 0 fully saturated rings. The van der Waals surface area contributed by atoms with Gasteiger partial charge in [-0.05, 0) is 16.4 Å². The van der Waals surface area contributed by atoms with Crippen LogP contribution in [0, 0.1) is 5.41 Å². The van der Waals surface area contributed by atoms with Crippen molar-refractivity contribution < 1.29 is 0 Å². The maximum absolute atomic E-state index is 3.51. The fourth-order valence-corrected chi connectivity index (χ4v) is 1.78. The molecule has 0 atom stereocenters. The van der Waals surface area contributed by atoms with Crippen LogP contribution in [-0.4, -0.2) is 16.3 Å². The predicted molar refractivity (Wildman–Crippen MR) is 55.2 cm³/mol. The Labute approximate surface area is 77.3 Å². The number of halogens is 1. The molecule has 0 N–H and O–H groups in total. The minimum atomic E-state index is 0.453. The minimum Gasteiger partial charge on any atom is -0.159 e. The molecule has 0 heterocycles. The van der Waals surface area contributed by atoms with Gasteiger partial charge in [-0.25, -0.2) is 0 Å². The maximum Gasteiger partial charge on any atom is 0.00905 e. The molecule has 0 saturated carbocycles. The van der Waals surface area contributed by atoms with Gasteiger partial charge in [-0.1, -0.05) is 43.6 Å². The van der Waals surface area contributed by atoms with Gasteiger partial charge in [0.15, 0.2) is 0 Å². The normalized spacial score (nSPS) is 12.6. The Kier molecular flexibility index (Phi) is 5.04. The summed E-state index contributed by atoms with van der Waals surface area (Å²) in [5, 5.41) is 1.86. The van der Waals surface area contributed by atoms with Crippen molar-refractivity contribution in [1.29, 1.82) is 0 Å². The molecule has 0 bridgehead atoms. The third kappa shape index (κ3) is 5.60. The number of alkyl halides is 1. The van der Waals surface area contributed by atoms with Crippen LogP contribution < -0.4 is 0 Å². The summed E-state index contributed by atoms with van der Waals surface area (Å²) in [7, 11) is 0. The molecule has 0 nitrogen and oxygen atoms in total. The van der Waals surface area contributed by atoms with Crippen molar-refractivity contribution in [1.82, 2.24) is 0 Å². The quantitative estimate of drug-likeness (QED) is 0.659. The third-order valence-electron chi connectivity index (χ3n) is 1.17. The SMILES string of the molecule is CC(C)SCC(C)(C)CBr. The van der Waals surface area contributed by atoms with Gasteiger partial charge >= 0.3 is 0 Å². The van der Waals surface area contributed by atoms with Gasteiger partial charge in [-0.15, -0.1) is 0 Å². The van der Waals surface area contributed by atoms with Crippen molar-refractivity contribution in [3.8, 4) is 0 Å². The molecule has 0 aromatic heterocycles. The summed E-state index contributed by atoms with van der Waals surface area (Å²) in [6, 6.07) is 0. The Hall–Kier alpha value is 0.830. The second-order valence-corrected chi connectivity index (χ2v) is 5.78. The first-order valence-corrected chi connectivity index (χ1v) is 5.82. The summed E-state index contributed by atoms with van der Waals surface area (Å²) in [5.74, 6) is 1.25. The molecule has 0 saturated heterocycles. The molecule has 0 unspecified atom stereocenters. The van der Waals surface area contributed by atoms with E-state index in [1.165, 1.54) is 5.75 Å². The first-order chi connectivity index (χ1) is 4.48. The number of rotatable bonds is 4. The van der Waals surface area contributed by atoms with E-state index in [-0.39, 0.29) is 0 Å². The fourth-order valence-electron chi connectivity index (χ4n) is 0.431. The Bertz CT molecular complexity index is 89.3. The Morgan fingerprint density at radius 1 is 1.40 bits per heavy atom. The lowest BCUT2D eigenvalue weighted by atomic mass is 10.0. The van der Waals surface area contributed by atoms with E-state index in [2.05, 4.69) is 43.6 Å². The van der Waals surface area contributed by atoms with Gasteiger partial charge in [0.2, 0.25) is 0 Å². The van der Waals surface area contributed by atoms with E-state index in [1.54, 1.807) is 0 Å². The molecule has 62 valence electrons. The fraction of sp³-hybridized carbons (Fsp3) is 1.00. The summed E-state index contributed by atoms with van der Waals surface area (Å²) in [6.45, 7) is 9.07. The zero-order chi connectivity index (χ0) is 8.20. The summed E-state index contributed by atoms with van der Waals surface area (Å²) in [6.07, 6.45) is 0. The number of hydrogen-bond acceptors (Lipinski definition) is 1. The van der Waals surface area contributed by atoms with Gasteiger partial charge in [-0.2, -0.15) is 11.8 Å². The van der Waals surface area contributed by atoms with Crippen molar-refractivity contribution in [2.45, 2.75) is 32.9 Å². The smallest absolute Gasteiger partial charge is 0.00905 e. The topological polar surface area (TPSA) is 0 Å². The molecule has 2 heteroatoms. The van der Waals surface area contributed by atoms with Crippen LogP contribution in [0.4, 0.5) is 0 Å². The predicted octanol–water partition coefficient (Wildman–Crippen LogP) is 3.55.